The lowest BCUT2D eigenvalue weighted by molar-refractivity contribution is 0.105. The second-order valence-corrected chi connectivity index (χ2v) is 5.10. The molecule has 1 atom stereocenters. The first-order valence-corrected chi connectivity index (χ1v) is 7.45. The summed E-state index contributed by atoms with van der Waals surface area (Å²) in [4.78, 5) is 11.9. The maximum Gasteiger partial charge on any atom is 0.323 e. The molecule has 0 aliphatic heterocycles. The molecule has 128 valence electrons. The topological polar surface area (TPSA) is 103 Å². The molecule has 0 aliphatic rings. The largest absolute Gasteiger partial charge is 0.497 e. The van der Waals surface area contributed by atoms with Crippen LogP contribution in [0.2, 0.25) is 0 Å². The van der Waals surface area contributed by atoms with E-state index in [0.717, 1.165) is 11.4 Å². The van der Waals surface area contributed by atoms with Gasteiger partial charge in [0.25, 0.3) is 0 Å². The molecule has 0 spiro atoms. The van der Waals surface area contributed by atoms with Gasteiger partial charge in [0, 0.05) is 23.6 Å². The number of aliphatic hydroxyl groups excluding tert-OH is 2. The van der Waals surface area contributed by atoms with Gasteiger partial charge in [-0.2, -0.15) is 0 Å². The molecule has 24 heavy (non-hydrogen) atoms. The maximum absolute atomic E-state index is 11.9. The van der Waals surface area contributed by atoms with Crippen molar-refractivity contribution in [3.8, 4) is 5.75 Å². The predicted molar refractivity (Wildman–Crippen MR) is 93.7 cm³/mol. The van der Waals surface area contributed by atoms with Gasteiger partial charge < -0.3 is 30.9 Å². The Morgan fingerprint density at radius 2 is 1.50 bits per heavy atom. The summed E-state index contributed by atoms with van der Waals surface area (Å²) in [5.41, 5.74) is 2.07. The van der Waals surface area contributed by atoms with E-state index in [1.165, 1.54) is 0 Å². The number of carbonyl (C=O) groups is 1. The van der Waals surface area contributed by atoms with Crippen LogP contribution in [0.5, 0.6) is 5.75 Å². The molecule has 0 heterocycles. The lowest BCUT2D eigenvalue weighted by Crippen LogP contribution is -2.23. The number of amides is 2. The van der Waals surface area contributed by atoms with Crippen LogP contribution in [0.25, 0.3) is 0 Å². The number of aliphatic hydroxyl groups is 2. The van der Waals surface area contributed by atoms with Crippen molar-refractivity contribution in [1.29, 1.82) is 0 Å². The molecule has 0 saturated heterocycles. The first-order valence-electron chi connectivity index (χ1n) is 7.45. The number of methoxy groups -OCH3 is 1. The minimum Gasteiger partial charge on any atom is -0.497 e. The molecule has 0 saturated carbocycles. The van der Waals surface area contributed by atoms with Crippen LogP contribution in [0.1, 0.15) is 0 Å². The molecule has 2 aromatic carbocycles. The van der Waals surface area contributed by atoms with E-state index < -0.39 is 6.10 Å². The van der Waals surface area contributed by atoms with Gasteiger partial charge in [-0.25, -0.2) is 4.79 Å². The summed E-state index contributed by atoms with van der Waals surface area (Å²) >= 11 is 0. The summed E-state index contributed by atoms with van der Waals surface area (Å²) < 4.78 is 5.06. The summed E-state index contributed by atoms with van der Waals surface area (Å²) in [6, 6.07) is 13.7. The molecular formula is C17H21N3O4. The normalized spacial score (nSPS) is 11.5. The van der Waals surface area contributed by atoms with Crippen LogP contribution in [-0.2, 0) is 0 Å². The minimum atomic E-state index is -0.807. The molecule has 2 aromatic rings. The lowest BCUT2D eigenvalue weighted by atomic mass is 10.2. The smallest absolute Gasteiger partial charge is 0.323 e. The number of hydrogen-bond donors (Lipinski definition) is 5. The van der Waals surface area contributed by atoms with Crippen molar-refractivity contribution in [2.45, 2.75) is 6.10 Å². The Balaban J connectivity index is 1.84. The zero-order valence-corrected chi connectivity index (χ0v) is 13.3. The number of nitrogens with one attached hydrogen (secondary N) is 3. The Morgan fingerprint density at radius 3 is 2.00 bits per heavy atom. The number of anilines is 3. The Hall–Kier alpha value is -2.77. The lowest BCUT2D eigenvalue weighted by Gasteiger charge is -2.11. The third kappa shape index (κ3) is 5.45. The molecular weight excluding hydrogens is 310 g/mol. The molecule has 5 N–H and O–H groups in total. The third-order valence-corrected chi connectivity index (χ3v) is 3.24. The van der Waals surface area contributed by atoms with Gasteiger partial charge in [-0.1, -0.05) is 0 Å². The molecule has 0 fully saturated rings. The molecule has 0 aliphatic carbocycles. The highest BCUT2D eigenvalue weighted by Gasteiger charge is 2.04. The van der Waals surface area contributed by atoms with E-state index >= 15 is 0 Å². The van der Waals surface area contributed by atoms with E-state index in [1.54, 1.807) is 55.6 Å². The maximum atomic E-state index is 11.9. The monoisotopic (exact) mass is 331 g/mol. The molecule has 7 heteroatoms. The van der Waals surface area contributed by atoms with Crippen LogP contribution in [-0.4, -0.2) is 42.6 Å². The Labute approximate surface area is 140 Å². The van der Waals surface area contributed by atoms with Crippen molar-refractivity contribution in [3.05, 3.63) is 48.5 Å². The highest BCUT2D eigenvalue weighted by Crippen LogP contribution is 2.16. The van der Waals surface area contributed by atoms with E-state index in [1.807, 2.05) is 0 Å². The van der Waals surface area contributed by atoms with Crippen molar-refractivity contribution in [2.75, 3.05) is 36.2 Å². The van der Waals surface area contributed by atoms with E-state index in [4.69, 9.17) is 9.84 Å². The summed E-state index contributed by atoms with van der Waals surface area (Å²) in [5.74, 6) is 0.718. The fourth-order valence-electron chi connectivity index (χ4n) is 1.94. The molecule has 2 rings (SSSR count). The van der Waals surface area contributed by atoms with Gasteiger partial charge in [0.1, 0.15) is 5.75 Å². The second kappa shape index (κ2) is 8.76. The van der Waals surface area contributed by atoms with Crippen LogP contribution in [0, 0.1) is 0 Å². The Morgan fingerprint density at radius 1 is 1.00 bits per heavy atom. The fraction of sp³-hybridized carbons (Fsp3) is 0.235. The predicted octanol–water partition coefficient (Wildman–Crippen LogP) is 2.10. The third-order valence-electron chi connectivity index (χ3n) is 3.24. The zero-order chi connectivity index (χ0) is 17.4. The molecule has 0 bridgehead atoms. The second-order valence-electron chi connectivity index (χ2n) is 5.10. The van der Waals surface area contributed by atoms with Crippen LogP contribution in [0.15, 0.2) is 48.5 Å². The van der Waals surface area contributed by atoms with Crippen LogP contribution < -0.4 is 20.7 Å². The van der Waals surface area contributed by atoms with E-state index in [9.17, 15) is 9.90 Å². The van der Waals surface area contributed by atoms with Gasteiger partial charge in [-0.3, -0.25) is 0 Å². The van der Waals surface area contributed by atoms with Crippen molar-refractivity contribution >= 4 is 23.1 Å². The Kier molecular flexibility index (Phi) is 6.41. The van der Waals surface area contributed by atoms with Crippen LogP contribution in [0.3, 0.4) is 0 Å². The summed E-state index contributed by atoms with van der Waals surface area (Å²) in [5, 5.41) is 26.5. The molecule has 0 aromatic heterocycles. The fourth-order valence-corrected chi connectivity index (χ4v) is 1.94. The Bertz CT molecular complexity index is 644. The average molecular weight is 331 g/mol. The number of ether oxygens (including phenoxy) is 1. The van der Waals surface area contributed by atoms with Crippen molar-refractivity contribution in [2.24, 2.45) is 0 Å². The van der Waals surface area contributed by atoms with Crippen molar-refractivity contribution in [1.82, 2.24) is 0 Å². The number of rotatable bonds is 7. The van der Waals surface area contributed by atoms with E-state index in [0.29, 0.717) is 11.4 Å². The van der Waals surface area contributed by atoms with E-state index in [-0.39, 0.29) is 19.2 Å². The van der Waals surface area contributed by atoms with Crippen molar-refractivity contribution < 1.29 is 19.7 Å². The summed E-state index contributed by atoms with van der Waals surface area (Å²) in [6.07, 6.45) is -0.807. The van der Waals surface area contributed by atoms with Crippen molar-refractivity contribution in [3.63, 3.8) is 0 Å². The minimum absolute atomic E-state index is 0.251. The average Bonchev–Trinajstić information content (AvgIpc) is 2.61. The molecule has 0 radical (unpaired) electrons. The number of urea groups is 1. The van der Waals surface area contributed by atoms with Gasteiger partial charge in [-0.15, -0.1) is 0 Å². The SMILES string of the molecule is COc1ccc(NC(=O)Nc2ccc(NCC(O)CO)cc2)cc1. The van der Waals surface area contributed by atoms with Gasteiger partial charge >= 0.3 is 6.03 Å². The first kappa shape index (κ1) is 17.6. The van der Waals surface area contributed by atoms with Crippen LogP contribution in [0.4, 0.5) is 21.9 Å². The zero-order valence-electron chi connectivity index (χ0n) is 13.3. The molecule has 1 unspecified atom stereocenters. The first-order chi connectivity index (χ1) is 11.6. The van der Waals surface area contributed by atoms with E-state index in [2.05, 4.69) is 16.0 Å². The van der Waals surface area contributed by atoms with Gasteiger partial charge in [0.15, 0.2) is 0 Å². The van der Waals surface area contributed by atoms with Gasteiger partial charge in [0.2, 0.25) is 0 Å². The summed E-state index contributed by atoms with van der Waals surface area (Å²) in [7, 11) is 1.58. The van der Waals surface area contributed by atoms with Crippen LogP contribution >= 0.6 is 0 Å². The summed E-state index contributed by atoms with van der Waals surface area (Å²) in [6.45, 7) is -0.0423. The number of hydrogen-bond acceptors (Lipinski definition) is 5. The standard InChI is InChI=1S/C17H21N3O4/c1-24-16-8-6-14(7-9-16)20-17(23)19-13-4-2-12(3-5-13)18-10-15(22)11-21/h2-9,15,18,21-22H,10-11H2,1H3,(H2,19,20,23). The quantitative estimate of drug-likeness (QED) is 0.535. The number of benzene rings is 2. The highest BCUT2D eigenvalue weighted by molar-refractivity contribution is 5.99. The van der Waals surface area contributed by atoms with Gasteiger partial charge in [0.05, 0.1) is 19.8 Å². The van der Waals surface area contributed by atoms with Gasteiger partial charge in [-0.05, 0) is 48.5 Å². The molecule has 2 amide bonds. The molecule has 7 nitrogen and oxygen atoms in total. The number of carbonyl (C=O) groups excluding carboxylic acids is 1. The highest BCUT2D eigenvalue weighted by atomic mass is 16.5.